The molecule has 0 amide bonds. The predicted molar refractivity (Wildman–Crippen MR) is 182 cm³/mol. The van der Waals surface area contributed by atoms with Crippen LogP contribution < -0.4 is 0 Å². The third-order valence-corrected chi connectivity index (χ3v) is 10.1. The van der Waals surface area contributed by atoms with Gasteiger partial charge in [-0.1, -0.05) is 74.6 Å². The summed E-state index contributed by atoms with van der Waals surface area (Å²) in [6, 6.07) is 10.1. The van der Waals surface area contributed by atoms with E-state index in [1.165, 1.54) is 17.3 Å². The van der Waals surface area contributed by atoms with Crippen molar-refractivity contribution in [2.24, 2.45) is 15.9 Å². The molecule has 0 aromatic heterocycles. The Hall–Kier alpha value is -0.405. The minimum Gasteiger partial charge on any atom is -0.388 e. The van der Waals surface area contributed by atoms with E-state index in [9.17, 15) is 10.2 Å². The van der Waals surface area contributed by atoms with Crippen molar-refractivity contribution in [2.75, 3.05) is 28.2 Å². The van der Waals surface area contributed by atoms with Crippen LogP contribution in [-0.2, 0) is 20.8 Å². The van der Waals surface area contributed by atoms with Crippen LogP contribution >= 0.6 is 57.9 Å². The Morgan fingerprint density at radius 1 is 0.837 bits per heavy atom. The largest absolute Gasteiger partial charge is 0.450 e. The zero-order chi connectivity index (χ0) is 31.8. The third kappa shape index (κ3) is 10.0. The van der Waals surface area contributed by atoms with Crippen molar-refractivity contribution in [3.8, 4) is 0 Å². The molecule has 4 heterocycles. The summed E-state index contributed by atoms with van der Waals surface area (Å²) in [7, 11) is 7.88. The first-order valence-corrected chi connectivity index (χ1v) is 17.5. The van der Waals surface area contributed by atoms with Crippen LogP contribution in [0.25, 0.3) is 0 Å². The predicted octanol–water partition coefficient (Wildman–Crippen LogP) is 4.94. The maximum Gasteiger partial charge on any atom is 0.450 e. The summed E-state index contributed by atoms with van der Waals surface area (Å²) < 4.78 is 18.3. The van der Waals surface area contributed by atoms with Gasteiger partial charge < -0.3 is 34.2 Å². The molecule has 15 heteroatoms. The zero-order valence-electron chi connectivity index (χ0n) is 25.7. The molecule has 1 aromatic rings. The van der Waals surface area contributed by atoms with Crippen LogP contribution in [0.4, 0.5) is 0 Å². The van der Waals surface area contributed by atoms with Crippen LogP contribution in [0.5, 0.6) is 0 Å². The Balaban J connectivity index is 0.000000220. The fraction of sp³-hybridized carbons (Fsp3) is 0.714. The lowest BCUT2D eigenvalue weighted by molar-refractivity contribution is -0.153. The highest BCUT2D eigenvalue weighted by atomic mass is 35.6. The van der Waals surface area contributed by atoms with Crippen molar-refractivity contribution in [2.45, 2.75) is 93.7 Å². The van der Waals surface area contributed by atoms with E-state index in [2.05, 4.69) is 48.0 Å². The number of amidine groups is 2. The number of ether oxygens (including phenoxy) is 3. The average molecular weight is 698 g/mol. The van der Waals surface area contributed by atoms with Crippen LogP contribution in [0, 0.1) is 5.92 Å². The molecule has 242 valence electrons. The molecule has 0 bridgehead atoms. The van der Waals surface area contributed by atoms with E-state index < -0.39 is 17.2 Å². The number of hydrogen-bond donors (Lipinski definition) is 2. The fourth-order valence-corrected chi connectivity index (χ4v) is 7.54. The van der Waals surface area contributed by atoms with Crippen molar-refractivity contribution >= 4 is 73.2 Å². The maximum atomic E-state index is 9.98. The Labute approximate surface area is 279 Å². The molecule has 0 aliphatic carbocycles. The molecule has 2 saturated heterocycles. The summed E-state index contributed by atoms with van der Waals surface area (Å²) in [6.07, 6.45) is 0.0866. The molecule has 9 nitrogen and oxygen atoms in total. The second-order valence-electron chi connectivity index (χ2n) is 11.1. The van der Waals surface area contributed by atoms with Gasteiger partial charge in [-0.05, 0) is 18.4 Å². The van der Waals surface area contributed by atoms with E-state index in [-0.39, 0.29) is 41.3 Å². The molecule has 2 fully saturated rings. The topological polar surface area (TPSA) is 99.4 Å². The van der Waals surface area contributed by atoms with Gasteiger partial charge in [0.15, 0.2) is 10.3 Å². The number of fused-ring (bicyclic) bond motifs is 2. The SMILES string of the molecule is CC[C@H]1O[C@@H]2SC(N(C)C)=N[C@@H]2[C@@H](O)[C@@H]1O.CC[C@H]1O[C@@H]2SC(N(C)C)=N[C@@H]2[C@@H](OCc2ccccc2)[C@@H]1C.ClB(Cl)Cl. The van der Waals surface area contributed by atoms with Gasteiger partial charge in [0.1, 0.15) is 35.2 Å². The maximum absolute atomic E-state index is 9.98. The van der Waals surface area contributed by atoms with Crippen molar-refractivity contribution in [1.82, 2.24) is 9.80 Å². The molecule has 4 aliphatic rings. The van der Waals surface area contributed by atoms with Gasteiger partial charge >= 0.3 is 4.96 Å². The molecule has 5 rings (SSSR count). The minimum absolute atomic E-state index is 0.0781. The second-order valence-corrected chi connectivity index (χ2v) is 15.2. The number of thioether (sulfide) groups is 2. The van der Waals surface area contributed by atoms with E-state index in [0.717, 1.165) is 16.8 Å². The highest BCUT2D eigenvalue weighted by molar-refractivity contribution is 8.14. The lowest BCUT2D eigenvalue weighted by Gasteiger charge is -2.41. The number of halogens is 3. The third-order valence-electron chi connectivity index (χ3n) is 7.51. The van der Waals surface area contributed by atoms with Crippen molar-refractivity contribution in [1.29, 1.82) is 0 Å². The Kier molecular flexibility index (Phi) is 15.1. The molecule has 43 heavy (non-hydrogen) atoms. The first-order valence-electron chi connectivity index (χ1n) is 14.5. The van der Waals surface area contributed by atoms with Gasteiger partial charge in [0.2, 0.25) is 0 Å². The molecule has 10 atom stereocenters. The number of hydrogen-bond acceptors (Lipinski definition) is 11. The van der Waals surface area contributed by atoms with Gasteiger partial charge in [-0.2, -0.15) is 34.4 Å². The first kappa shape index (κ1) is 37.1. The summed E-state index contributed by atoms with van der Waals surface area (Å²) in [6.45, 7) is 6.98. The second kappa shape index (κ2) is 17.5. The summed E-state index contributed by atoms with van der Waals surface area (Å²) in [5.74, 6) is 0.343. The van der Waals surface area contributed by atoms with E-state index in [1.807, 2.05) is 46.1 Å². The molecule has 0 radical (unpaired) electrons. The summed E-state index contributed by atoms with van der Waals surface area (Å²) >= 11 is 17.6. The summed E-state index contributed by atoms with van der Waals surface area (Å²) in [4.78, 5) is 12.5. The van der Waals surface area contributed by atoms with Crippen molar-refractivity contribution in [3.05, 3.63) is 35.9 Å². The van der Waals surface area contributed by atoms with E-state index in [4.69, 9.17) is 53.6 Å². The quantitative estimate of drug-likeness (QED) is 0.415. The van der Waals surface area contributed by atoms with Crippen LogP contribution in [0.1, 0.15) is 39.2 Å². The molecule has 1 aromatic carbocycles. The number of aliphatic imine (C=N–C) groups is 2. The molecule has 0 unspecified atom stereocenters. The number of nitrogens with zero attached hydrogens (tertiary/aromatic N) is 4. The minimum atomic E-state index is -0.836. The van der Waals surface area contributed by atoms with Crippen molar-refractivity contribution in [3.63, 3.8) is 0 Å². The summed E-state index contributed by atoms with van der Waals surface area (Å²) in [5, 5.41) is 21.7. The van der Waals surface area contributed by atoms with Crippen LogP contribution in [0.15, 0.2) is 40.3 Å². The highest BCUT2D eigenvalue weighted by Crippen LogP contribution is 2.41. The van der Waals surface area contributed by atoms with Gasteiger partial charge in [0.25, 0.3) is 0 Å². The normalized spacial score (nSPS) is 34.3. The molecule has 0 saturated carbocycles. The average Bonchev–Trinajstić information content (AvgIpc) is 3.60. The number of aliphatic hydroxyl groups excluding tert-OH is 2. The van der Waals surface area contributed by atoms with E-state index in [1.54, 1.807) is 11.8 Å². The highest BCUT2D eigenvalue weighted by Gasteiger charge is 2.49. The summed E-state index contributed by atoms with van der Waals surface area (Å²) in [5.41, 5.74) is 1.12. The van der Waals surface area contributed by atoms with E-state index >= 15 is 0 Å². The Morgan fingerprint density at radius 2 is 1.33 bits per heavy atom. The Morgan fingerprint density at radius 3 is 1.84 bits per heavy atom. The monoisotopic (exact) mass is 696 g/mol. The number of benzene rings is 1. The number of aliphatic hydroxyl groups is 2. The zero-order valence-corrected chi connectivity index (χ0v) is 29.6. The Bertz CT molecular complexity index is 1060. The van der Waals surface area contributed by atoms with E-state index in [0.29, 0.717) is 18.9 Å². The lowest BCUT2D eigenvalue weighted by Crippen LogP contribution is -2.54. The number of rotatable bonds is 5. The molecule has 0 spiro atoms. The molecule has 4 aliphatic heterocycles. The van der Waals surface area contributed by atoms with Crippen LogP contribution in [0.3, 0.4) is 0 Å². The van der Waals surface area contributed by atoms with Gasteiger partial charge in [-0.25, -0.2) is 0 Å². The molecular formula is C28H44BCl3N4O5S2. The van der Waals surface area contributed by atoms with Crippen LogP contribution in [0.2, 0.25) is 0 Å². The lowest BCUT2D eigenvalue weighted by atomic mass is 9.88. The molecule has 2 N–H and O–H groups in total. The molecular weight excluding hydrogens is 654 g/mol. The van der Waals surface area contributed by atoms with Crippen molar-refractivity contribution < 1.29 is 24.4 Å². The van der Waals surface area contributed by atoms with Crippen LogP contribution in [-0.4, -0.2) is 117 Å². The van der Waals surface area contributed by atoms with Gasteiger partial charge in [0.05, 0.1) is 24.9 Å². The fourth-order valence-electron chi connectivity index (χ4n) is 5.23. The first-order chi connectivity index (χ1) is 20.4. The smallest absolute Gasteiger partial charge is 0.388 e. The van der Waals surface area contributed by atoms with Gasteiger partial charge in [0, 0.05) is 34.1 Å². The van der Waals surface area contributed by atoms with Gasteiger partial charge in [-0.3, -0.25) is 9.98 Å². The standard InChI is InChI=1S/C18H26N2O2S.C10H18N2O3S.BCl3/c1-5-14-12(2)16(21-11-13-9-7-6-8-10-13)15-17(22-14)23-18(19-15)20(3)4;1-4-5-7(13)8(14)6-9(15-5)16-10(11-6)12(2)3;2-1(3)4/h6-10,12,14-17H,5,11H2,1-4H3;5-9,13-14H,4H2,1-3H3;/t12-,14-,15-,16+,17-;5-,6-,7-,8-,9-;/m11./s1. The van der Waals surface area contributed by atoms with Gasteiger partial charge in [-0.15, -0.1) is 0 Å².